The Hall–Kier alpha value is -0.328. The van der Waals surface area contributed by atoms with Gasteiger partial charge in [0, 0.05) is 6.92 Å². The van der Waals surface area contributed by atoms with Crippen molar-refractivity contribution in [3.63, 3.8) is 0 Å². The molecule has 0 aliphatic heterocycles. The first-order valence-corrected chi connectivity index (χ1v) is 1.36. The Balaban J connectivity index is 0. The average Bonchev–Trinajstić information content (AvgIpc) is 1.36. The molecule has 0 N–H and O–H groups in total. The smallest absolute Gasteiger partial charge is 0.542 e. The van der Waals surface area contributed by atoms with Gasteiger partial charge in [-0.3, -0.25) is 4.79 Å². The van der Waals surface area contributed by atoms with E-state index < -0.39 is 11.8 Å². The quantitative estimate of drug-likeness (QED) is 0.408. The first kappa shape index (κ1) is 9.83. The van der Waals surface area contributed by atoms with Crippen LogP contribution >= 0.6 is 0 Å². The van der Waals surface area contributed by atoms with E-state index in [1.807, 2.05) is 0 Å². The number of hydrogen-bond donors (Lipinski definition) is 0. The number of carboxylic acid groups (broad SMARTS) is 1. The fourth-order valence-electron chi connectivity index (χ4n) is 0. The Bertz CT molecular complexity index is 76.2. The summed E-state index contributed by atoms with van der Waals surface area (Å²) in [6, 6.07) is 0. The molecule has 0 amide bonds. The Labute approximate surface area is 51.5 Å². The minimum atomic E-state index is -1.63. The largest absolute Gasteiger partial charge is 3.00 e. The molecule has 0 heterocycles. The van der Waals surface area contributed by atoms with Gasteiger partial charge in [-0.1, -0.05) is 0 Å². The normalized spacial score (nSPS) is 6.43. The summed E-state index contributed by atoms with van der Waals surface area (Å²) in [4.78, 5) is 18.7. The Morgan fingerprint density at radius 1 is 1.43 bits per heavy atom. The van der Waals surface area contributed by atoms with Crippen LogP contribution < -0.4 is 5.11 Å². The summed E-state index contributed by atoms with van der Waals surface area (Å²) in [7, 11) is 0. The van der Waals surface area contributed by atoms with E-state index in [1.54, 1.807) is 0 Å². The summed E-state index contributed by atoms with van der Waals surface area (Å²) < 4.78 is 0. The Kier molecular flexibility index (Phi) is 5.41. The molecule has 0 spiro atoms. The molecule has 0 saturated carbocycles. The van der Waals surface area contributed by atoms with Gasteiger partial charge in [-0.15, -0.1) is 0 Å². The third-order valence-electron chi connectivity index (χ3n) is 0.287. The predicted octanol–water partition coefficient (Wildman–Crippen LogP) is -1.68. The van der Waals surface area contributed by atoms with Crippen molar-refractivity contribution in [1.82, 2.24) is 0 Å². The summed E-state index contributed by atoms with van der Waals surface area (Å²) >= 11 is 0. The molecule has 0 aliphatic carbocycles. The van der Waals surface area contributed by atoms with E-state index >= 15 is 0 Å². The van der Waals surface area contributed by atoms with E-state index in [0.717, 1.165) is 6.92 Å². The molecule has 0 bridgehead atoms. The maximum absolute atomic E-state index is 9.48. The summed E-state index contributed by atoms with van der Waals surface area (Å²) in [5.74, 6) is -2.56. The van der Waals surface area contributed by atoms with Crippen molar-refractivity contribution in [3.05, 3.63) is 0 Å². The zero-order chi connectivity index (χ0) is 5.15. The zero-order valence-electron chi connectivity index (χ0n) is 3.63. The minimum Gasteiger partial charge on any atom is -0.542 e. The standard InChI is InChI=1S/C3H4O3.Cr/c1-2(4)3(5)6;/h1H3,(H,5,6);/q;+3/p-1. The maximum atomic E-state index is 9.48. The van der Waals surface area contributed by atoms with Crippen molar-refractivity contribution in [2.45, 2.75) is 6.92 Å². The third kappa shape index (κ3) is 5.67. The van der Waals surface area contributed by atoms with Crippen molar-refractivity contribution in [3.8, 4) is 0 Å². The van der Waals surface area contributed by atoms with Gasteiger partial charge in [-0.05, 0) is 0 Å². The minimum absolute atomic E-state index is 0. The molecule has 0 rings (SSSR count). The number of carbonyl (C=O) groups is 2. The molecule has 1 radical (unpaired) electrons. The fraction of sp³-hybridized carbons (Fsp3) is 0.333. The van der Waals surface area contributed by atoms with Crippen molar-refractivity contribution in [2.24, 2.45) is 0 Å². The van der Waals surface area contributed by atoms with Crippen LogP contribution in [0.5, 0.6) is 0 Å². The molecule has 0 aromatic carbocycles. The average molecular weight is 139 g/mol. The van der Waals surface area contributed by atoms with Crippen LogP contribution in [0.4, 0.5) is 0 Å². The molecular weight excluding hydrogens is 136 g/mol. The van der Waals surface area contributed by atoms with Gasteiger partial charge in [0.1, 0.15) is 5.97 Å². The van der Waals surface area contributed by atoms with E-state index in [9.17, 15) is 14.7 Å². The topological polar surface area (TPSA) is 57.2 Å². The molecule has 0 saturated heterocycles. The molecule has 0 aromatic heterocycles. The second-order valence-corrected chi connectivity index (χ2v) is 0.844. The summed E-state index contributed by atoms with van der Waals surface area (Å²) in [5.41, 5.74) is 0. The number of ketones is 1. The Morgan fingerprint density at radius 3 is 1.57 bits per heavy atom. The van der Waals surface area contributed by atoms with Gasteiger partial charge >= 0.3 is 17.4 Å². The first-order chi connectivity index (χ1) is 2.64. The Morgan fingerprint density at radius 2 is 1.57 bits per heavy atom. The molecule has 37 valence electrons. The number of carboxylic acids is 1. The van der Waals surface area contributed by atoms with Crippen molar-refractivity contribution < 1.29 is 32.1 Å². The van der Waals surface area contributed by atoms with Crippen LogP contribution in [0.25, 0.3) is 0 Å². The van der Waals surface area contributed by atoms with Gasteiger partial charge in [-0.2, -0.15) is 0 Å². The number of rotatable bonds is 1. The summed E-state index contributed by atoms with van der Waals surface area (Å²) in [6.07, 6.45) is 0. The summed E-state index contributed by atoms with van der Waals surface area (Å²) in [6.45, 7) is 0.940. The molecule has 0 atom stereocenters. The molecular formula is C3H3CrO3+2. The van der Waals surface area contributed by atoms with E-state index in [-0.39, 0.29) is 17.4 Å². The maximum Gasteiger partial charge on any atom is 3.00 e. The van der Waals surface area contributed by atoms with Crippen molar-refractivity contribution in [2.75, 3.05) is 0 Å². The van der Waals surface area contributed by atoms with Crippen LogP contribution in [0.15, 0.2) is 0 Å². The number of carbonyl (C=O) groups excluding carboxylic acids is 2. The van der Waals surface area contributed by atoms with Crippen LogP contribution in [0, 0.1) is 0 Å². The monoisotopic (exact) mass is 139 g/mol. The van der Waals surface area contributed by atoms with Crippen LogP contribution in [0.1, 0.15) is 6.92 Å². The van der Waals surface area contributed by atoms with Crippen LogP contribution in [-0.4, -0.2) is 11.8 Å². The molecule has 0 aromatic rings. The molecule has 3 nitrogen and oxygen atoms in total. The van der Waals surface area contributed by atoms with Crippen LogP contribution in [0.2, 0.25) is 0 Å². The predicted molar refractivity (Wildman–Crippen MR) is 15.7 cm³/mol. The van der Waals surface area contributed by atoms with Gasteiger partial charge in [0.2, 0.25) is 0 Å². The van der Waals surface area contributed by atoms with Crippen LogP contribution in [-0.2, 0) is 27.0 Å². The summed E-state index contributed by atoms with van der Waals surface area (Å²) in [5, 5.41) is 9.24. The second-order valence-electron chi connectivity index (χ2n) is 0.844. The number of Topliss-reactive ketones (excluding diaryl/α,β-unsaturated/α-hetero) is 1. The van der Waals surface area contributed by atoms with E-state index in [2.05, 4.69) is 0 Å². The molecule has 7 heavy (non-hydrogen) atoms. The van der Waals surface area contributed by atoms with Gasteiger partial charge < -0.3 is 9.90 Å². The fourth-order valence-corrected chi connectivity index (χ4v) is 0. The molecule has 0 aliphatic rings. The number of aliphatic carboxylic acids is 1. The van der Waals surface area contributed by atoms with E-state index in [1.165, 1.54) is 0 Å². The molecule has 0 fully saturated rings. The van der Waals surface area contributed by atoms with Crippen molar-refractivity contribution in [1.29, 1.82) is 0 Å². The van der Waals surface area contributed by atoms with Gasteiger partial charge in [-0.25, -0.2) is 0 Å². The van der Waals surface area contributed by atoms with E-state index in [4.69, 9.17) is 0 Å². The first-order valence-electron chi connectivity index (χ1n) is 1.36. The zero-order valence-corrected chi connectivity index (χ0v) is 4.91. The SMILES string of the molecule is CC(=O)C(=O)[O-].[Cr+3]. The van der Waals surface area contributed by atoms with Gasteiger partial charge in [0.05, 0.1) is 0 Å². The second kappa shape index (κ2) is 3.85. The van der Waals surface area contributed by atoms with Gasteiger partial charge in [0.25, 0.3) is 0 Å². The molecule has 4 heteroatoms. The number of hydrogen-bond acceptors (Lipinski definition) is 3. The van der Waals surface area contributed by atoms with E-state index in [0.29, 0.717) is 0 Å². The molecule has 0 unspecified atom stereocenters. The third-order valence-corrected chi connectivity index (χ3v) is 0.287. The van der Waals surface area contributed by atoms with Crippen molar-refractivity contribution >= 4 is 11.8 Å². The van der Waals surface area contributed by atoms with Gasteiger partial charge in [0.15, 0.2) is 5.78 Å². The van der Waals surface area contributed by atoms with Crippen LogP contribution in [0.3, 0.4) is 0 Å².